The first kappa shape index (κ1) is 8.18. The molecule has 0 amide bonds. The SMILES string of the molecule is CC(C)=[N+]1C=NC(C(C)C)=C1. The lowest BCUT2D eigenvalue weighted by molar-refractivity contribution is -0.310. The summed E-state index contributed by atoms with van der Waals surface area (Å²) in [5.74, 6) is 0.524. The first-order valence-corrected chi connectivity index (χ1v) is 3.95. The summed E-state index contributed by atoms with van der Waals surface area (Å²) in [5, 5.41) is 0. The van der Waals surface area contributed by atoms with Gasteiger partial charge in [-0.05, 0) is 18.8 Å². The highest BCUT2D eigenvalue weighted by Gasteiger charge is 2.16. The van der Waals surface area contributed by atoms with Gasteiger partial charge in [-0.1, -0.05) is 13.8 Å². The number of hydrogen-bond acceptors (Lipinski definition) is 1. The predicted octanol–water partition coefficient (Wildman–Crippen LogP) is 2.02. The molecular weight excluding hydrogens is 136 g/mol. The molecular formula is C9H15N2+. The Morgan fingerprint density at radius 1 is 1.45 bits per heavy atom. The normalized spacial score (nSPS) is 16.1. The lowest BCUT2D eigenvalue weighted by Crippen LogP contribution is -2.05. The summed E-state index contributed by atoms with van der Waals surface area (Å²) in [6.07, 6.45) is 3.95. The zero-order valence-electron chi connectivity index (χ0n) is 7.63. The van der Waals surface area contributed by atoms with Gasteiger partial charge >= 0.3 is 0 Å². The van der Waals surface area contributed by atoms with Gasteiger partial charge in [0.25, 0.3) is 6.34 Å². The van der Waals surface area contributed by atoms with Crippen molar-refractivity contribution in [2.45, 2.75) is 27.7 Å². The maximum absolute atomic E-state index is 4.28. The van der Waals surface area contributed by atoms with Gasteiger partial charge in [0.2, 0.25) is 0 Å². The Balaban J connectivity index is 2.88. The van der Waals surface area contributed by atoms with Gasteiger partial charge in [-0.15, -0.1) is 0 Å². The van der Waals surface area contributed by atoms with Gasteiger partial charge in [0.05, 0.1) is 5.71 Å². The van der Waals surface area contributed by atoms with Crippen molar-refractivity contribution in [2.24, 2.45) is 10.9 Å². The highest BCUT2D eigenvalue weighted by molar-refractivity contribution is 5.78. The molecule has 2 heteroatoms. The van der Waals surface area contributed by atoms with Gasteiger partial charge in [-0.25, -0.2) is 4.58 Å². The van der Waals surface area contributed by atoms with E-state index in [4.69, 9.17) is 0 Å². The van der Waals surface area contributed by atoms with E-state index in [1.165, 1.54) is 5.71 Å². The third kappa shape index (κ3) is 1.76. The average molecular weight is 151 g/mol. The minimum Gasteiger partial charge on any atom is -0.207 e. The number of allylic oxidation sites excluding steroid dienone is 1. The van der Waals surface area contributed by atoms with Crippen LogP contribution in [0, 0.1) is 5.92 Å². The van der Waals surface area contributed by atoms with E-state index in [0.29, 0.717) is 5.92 Å². The molecule has 0 fully saturated rings. The summed E-state index contributed by atoms with van der Waals surface area (Å²) >= 11 is 0. The fraction of sp³-hybridized carbons (Fsp3) is 0.556. The van der Waals surface area contributed by atoms with Crippen molar-refractivity contribution in [1.82, 2.24) is 0 Å². The maximum atomic E-state index is 4.28. The first-order chi connectivity index (χ1) is 5.11. The molecule has 0 N–H and O–H groups in total. The van der Waals surface area contributed by atoms with Crippen LogP contribution in [-0.2, 0) is 0 Å². The van der Waals surface area contributed by atoms with Crippen molar-refractivity contribution >= 4 is 12.1 Å². The zero-order chi connectivity index (χ0) is 8.43. The van der Waals surface area contributed by atoms with Crippen molar-refractivity contribution in [3.8, 4) is 0 Å². The Morgan fingerprint density at radius 3 is 2.36 bits per heavy atom. The largest absolute Gasteiger partial charge is 0.291 e. The molecule has 0 aromatic heterocycles. The molecule has 0 unspecified atom stereocenters. The van der Waals surface area contributed by atoms with Crippen molar-refractivity contribution < 1.29 is 4.58 Å². The van der Waals surface area contributed by atoms with E-state index >= 15 is 0 Å². The van der Waals surface area contributed by atoms with Crippen LogP contribution in [0.5, 0.6) is 0 Å². The molecule has 0 radical (unpaired) electrons. The summed E-state index contributed by atoms with van der Waals surface area (Å²) in [6, 6.07) is 0. The first-order valence-electron chi connectivity index (χ1n) is 3.95. The molecule has 0 spiro atoms. The van der Waals surface area contributed by atoms with Crippen LogP contribution in [-0.4, -0.2) is 16.6 Å². The number of nitrogens with zero attached hydrogens (tertiary/aromatic N) is 2. The molecule has 0 bridgehead atoms. The van der Waals surface area contributed by atoms with Gasteiger partial charge in [0.1, 0.15) is 6.20 Å². The highest BCUT2D eigenvalue weighted by Crippen LogP contribution is 2.13. The topological polar surface area (TPSA) is 15.4 Å². The van der Waals surface area contributed by atoms with E-state index in [2.05, 4.69) is 43.5 Å². The number of aliphatic imine (C=N–C) groups is 1. The fourth-order valence-corrected chi connectivity index (χ4v) is 0.881. The van der Waals surface area contributed by atoms with Crippen LogP contribution in [0.4, 0.5) is 0 Å². The Hall–Kier alpha value is -0.920. The predicted molar refractivity (Wildman–Crippen MR) is 48.0 cm³/mol. The smallest absolute Gasteiger partial charge is 0.207 e. The van der Waals surface area contributed by atoms with Crippen molar-refractivity contribution in [3.63, 3.8) is 0 Å². The van der Waals surface area contributed by atoms with Gasteiger partial charge in [0, 0.05) is 5.92 Å². The van der Waals surface area contributed by atoms with E-state index < -0.39 is 0 Å². The quantitative estimate of drug-likeness (QED) is 0.509. The van der Waals surface area contributed by atoms with Crippen LogP contribution in [0.3, 0.4) is 0 Å². The van der Waals surface area contributed by atoms with E-state index in [1.54, 1.807) is 0 Å². The van der Waals surface area contributed by atoms with Crippen LogP contribution < -0.4 is 0 Å². The van der Waals surface area contributed by atoms with Crippen LogP contribution in [0.15, 0.2) is 16.9 Å². The van der Waals surface area contributed by atoms with Crippen LogP contribution >= 0.6 is 0 Å². The molecule has 0 atom stereocenters. The Labute approximate surface area is 68.0 Å². The Bertz CT molecular complexity index is 240. The second kappa shape index (κ2) is 2.99. The minimum atomic E-state index is 0.524. The summed E-state index contributed by atoms with van der Waals surface area (Å²) in [5.41, 5.74) is 2.41. The molecule has 0 saturated carbocycles. The number of hydrogen-bond donors (Lipinski definition) is 0. The lowest BCUT2D eigenvalue weighted by Gasteiger charge is -1.92. The highest BCUT2D eigenvalue weighted by atomic mass is 15.1. The molecule has 2 nitrogen and oxygen atoms in total. The maximum Gasteiger partial charge on any atom is 0.291 e. The zero-order valence-corrected chi connectivity index (χ0v) is 7.63. The number of rotatable bonds is 1. The standard InChI is InChI=1S/C9H15N2/c1-7(2)9-5-11(6-10-9)8(3)4/h5-7H,1-4H3/q+1. The van der Waals surface area contributed by atoms with E-state index in [9.17, 15) is 0 Å². The second-order valence-corrected chi connectivity index (χ2v) is 3.31. The minimum absolute atomic E-state index is 0.524. The van der Waals surface area contributed by atoms with Gasteiger partial charge in [-0.2, -0.15) is 0 Å². The molecule has 1 aliphatic heterocycles. The third-order valence-corrected chi connectivity index (χ3v) is 1.71. The molecule has 0 aromatic carbocycles. The van der Waals surface area contributed by atoms with E-state index in [1.807, 2.05) is 6.34 Å². The summed E-state index contributed by atoms with van der Waals surface area (Å²) in [7, 11) is 0. The summed E-state index contributed by atoms with van der Waals surface area (Å²) in [4.78, 5) is 4.28. The molecule has 0 saturated heterocycles. The molecule has 11 heavy (non-hydrogen) atoms. The van der Waals surface area contributed by atoms with Crippen molar-refractivity contribution in [3.05, 3.63) is 11.9 Å². The van der Waals surface area contributed by atoms with Crippen LogP contribution in [0.1, 0.15) is 27.7 Å². The molecule has 1 rings (SSSR count). The molecule has 0 aromatic rings. The van der Waals surface area contributed by atoms with Gasteiger partial charge in [0.15, 0.2) is 5.70 Å². The van der Waals surface area contributed by atoms with E-state index in [-0.39, 0.29) is 0 Å². The average Bonchev–Trinajstić information content (AvgIpc) is 2.33. The van der Waals surface area contributed by atoms with Crippen LogP contribution in [0.25, 0.3) is 0 Å². The van der Waals surface area contributed by atoms with Gasteiger partial charge < -0.3 is 0 Å². The Morgan fingerprint density at radius 2 is 2.09 bits per heavy atom. The summed E-state index contributed by atoms with van der Waals surface area (Å²) < 4.78 is 2.05. The van der Waals surface area contributed by atoms with Crippen molar-refractivity contribution in [1.29, 1.82) is 0 Å². The van der Waals surface area contributed by atoms with E-state index in [0.717, 1.165) is 5.70 Å². The lowest BCUT2D eigenvalue weighted by atomic mass is 10.2. The molecule has 0 aliphatic carbocycles. The van der Waals surface area contributed by atoms with Crippen LogP contribution in [0.2, 0.25) is 0 Å². The second-order valence-electron chi connectivity index (χ2n) is 3.31. The van der Waals surface area contributed by atoms with Gasteiger partial charge in [-0.3, -0.25) is 0 Å². The fourth-order valence-electron chi connectivity index (χ4n) is 0.881. The Kier molecular flexibility index (Phi) is 2.22. The third-order valence-electron chi connectivity index (χ3n) is 1.71. The van der Waals surface area contributed by atoms with Crippen molar-refractivity contribution in [2.75, 3.05) is 0 Å². The monoisotopic (exact) mass is 151 g/mol. The molecule has 60 valence electrons. The summed E-state index contributed by atoms with van der Waals surface area (Å²) in [6.45, 7) is 8.45. The molecule has 1 heterocycles. The molecule has 1 aliphatic rings.